The van der Waals surface area contributed by atoms with Crippen molar-refractivity contribution in [3.8, 4) is 11.5 Å². The second-order valence-corrected chi connectivity index (χ2v) is 5.29. The van der Waals surface area contributed by atoms with Gasteiger partial charge in [-0.1, -0.05) is 18.3 Å². The summed E-state index contributed by atoms with van der Waals surface area (Å²) in [6.45, 7) is 3.67. The van der Waals surface area contributed by atoms with E-state index in [0.29, 0.717) is 30.6 Å². The number of phenolic OH excluding ortho intramolecular Hbond substituents is 1. The van der Waals surface area contributed by atoms with Gasteiger partial charge in [-0.15, -0.1) is 6.58 Å². The molecule has 0 unspecified atom stereocenters. The zero-order valence-electron chi connectivity index (χ0n) is 11.3. The van der Waals surface area contributed by atoms with Gasteiger partial charge in [0, 0.05) is 28.8 Å². The largest absolute Gasteiger partial charge is 0.504 e. The molecule has 1 N–H and O–H groups in total. The standard InChI is InChI=1S/C16H16O3S/c1-3-4-11-5-10(7-15(19-2)16(11)18)6-12-8-13(20)9-14(12)17/h3,5-7,18H,1,4,8-9H2,2H3/b12-6-. The van der Waals surface area contributed by atoms with Crippen LogP contribution in [0.25, 0.3) is 6.08 Å². The van der Waals surface area contributed by atoms with Gasteiger partial charge < -0.3 is 9.84 Å². The molecule has 0 atom stereocenters. The van der Waals surface area contributed by atoms with E-state index < -0.39 is 0 Å². The Bertz CT molecular complexity index is 614. The number of rotatable bonds is 4. The molecule has 1 fully saturated rings. The number of methoxy groups -OCH3 is 1. The quantitative estimate of drug-likeness (QED) is 0.525. The smallest absolute Gasteiger partial charge is 0.164 e. The summed E-state index contributed by atoms with van der Waals surface area (Å²) in [5.74, 6) is 0.583. The van der Waals surface area contributed by atoms with Crippen LogP contribution in [0.4, 0.5) is 0 Å². The Balaban J connectivity index is 2.44. The molecule has 0 amide bonds. The minimum atomic E-state index is 0.0762. The first kappa shape index (κ1) is 14.5. The average molecular weight is 288 g/mol. The van der Waals surface area contributed by atoms with Gasteiger partial charge in [0.25, 0.3) is 0 Å². The molecule has 104 valence electrons. The highest BCUT2D eigenvalue weighted by molar-refractivity contribution is 7.80. The van der Waals surface area contributed by atoms with E-state index in [9.17, 15) is 9.90 Å². The number of hydrogen-bond donors (Lipinski definition) is 1. The van der Waals surface area contributed by atoms with Crippen molar-refractivity contribution in [3.05, 3.63) is 41.5 Å². The number of carbonyl (C=O) groups is 1. The second-order valence-electron chi connectivity index (χ2n) is 4.71. The molecule has 1 aliphatic carbocycles. The Kier molecular flexibility index (Phi) is 4.35. The van der Waals surface area contributed by atoms with E-state index >= 15 is 0 Å². The molecule has 0 heterocycles. The molecule has 1 aromatic carbocycles. The average Bonchev–Trinajstić information content (AvgIpc) is 2.71. The van der Waals surface area contributed by atoms with Gasteiger partial charge in [0.05, 0.1) is 7.11 Å². The Morgan fingerprint density at radius 1 is 1.45 bits per heavy atom. The van der Waals surface area contributed by atoms with Gasteiger partial charge in [0.15, 0.2) is 17.3 Å². The molecule has 0 spiro atoms. The van der Waals surface area contributed by atoms with Gasteiger partial charge in [-0.05, 0) is 30.2 Å². The lowest BCUT2D eigenvalue weighted by molar-refractivity contribution is -0.113. The van der Waals surface area contributed by atoms with Crippen LogP contribution in [0.1, 0.15) is 24.0 Å². The Morgan fingerprint density at radius 2 is 2.20 bits per heavy atom. The van der Waals surface area contributed by atoms with Gasteiger partial charge in [-0.25, -0.2) is 0 Å². The van der Waals surface area contributed by atoms with Crippen molar-refractivity contribution in [1.82, 2.24) is 0 Å². The van der Waals surface area contributed by atoms with Crippen LogP contribution < -0.4 is 4.74 Å². The van der Waals surface area contributed by atoms with Crippen molar-refractivity contribution in [2.24, 2.45) is 0 Å². The summed E-state index contributed by atoms with van der Waals surface area (Å²) in [5.41, 5.74) is 2.26. The van der Waals surface area contributed by atoms with Gasteiger partial charge in [-0.2, -0.15) is 0 Å². The van der Waals surface area contributed by atoms with Gasteiger partial charge in [0.2, 0.25) is 0 Å². The third-order valence-electron chi connectivity index (χ3n) is 3.20. The first-order valence-corrected chi connectivity index (χ1v) is 6.72. The third kappa shape index (κ3) is 2.96. The van der Waals surface area contributed by atoms with Gasteiger partial charge in [-0.3, -0.25) is 4.79 Å². The third-order valence-corrected chi connectivity index (χ3v) is 3.49. The summed E-state index contributed by atoms with van der Waals surface area (Å²) < 4.78 is 5.16. The van der Waals surface area contributed by atoms with Crippen LogP contribution in [0.5, 0.6) is 11.5 Å². The molecule has 2 rings (SSSR count). The van der Waals surface area contributed by atoms with E-state index in [0.717, 1.165) is 16.0 Å². The fraction of sp³-hybridized carbons (Fsp3) is 0.250. The summed E-state index contributed by atoms with van der Waals surface area (Å²) in [4.78, 5) is 12.5. The Hall–Kier alpha value is -1.94. The Morgan fingerprint density at radius 3 is 2.75 bits per heavy atom. The summed E-state index contributed by atoms with van der Waals surface area (Å²) in [6.07, 6.45) is 4.97. The maximum absolute atomic E-state index is 11.8. The zero-order valence-corrected chi connectivity index (χ0v) is 12.1. The number of ketones is 1. The molecule has 4 heteroatoms. The summed E-state index contributed by atoms with van der Waals surface area (Å²) in [5, 5.41) is 10.0. The van der Waals surface area contributed by atoms with Crippen molar-refractivity contribution in [2.45, 2.75) is 19.3 Å². The van der Waals surface area contributed by atoms with Crippen LogP contribution in [0, 0.1) is 0 Å². The molecule has 3 nitrogen and oxygen atoms in total. The first-order valence-electron chi connectivity index (χ1n) is 6.31. The van der Waals surface area contributed by atoms with E-state index in [2.05, 4.69) is 6.58 Å². The highest BCUT2D eigenvalue weighted by Crippen LogP contribution is 2.33. The lowest BCUT2D eigenvalue weighted by atomic mass is 10.0. The van der Waals surface area contributed by atoms with Crippen molar-refractivity contribution in [2.75, 3.05) is 7.11 Å². The SMILES string of the molecule is C=CCc1cc(/C=C2/CC(=S)CC2=O)cc(OC)c1O. The van der Waals surface area contributed by atoms with Gasteiger partial charge in [0.1, 0.15) is 0 Å². The van der Waals surface area contributed by atoms with Gasteiger partial charge >= 0.3 is 0 Å². The highest BCUT2D eigenvalue weighted by Gasteiger charge is 2.21. The summed E-state index contributed by atoms with van der Waals surface area (Å²) in [7, 11) is 1.50. The number of aromatic hydroxyl groups is 1. The molecular weight excluding hydrogens is 272 g/mol. The maximum Gasteiger partial charge on any atom is 0.164 e. The summed E-state index contributed by atoms with van der Waals surface area (Å²) >= 11 is 5.09. The number of benzene rings is 1. The molecule has 0 radical (unpaired) electrons. The van der Waals surface area contributed by atoms with Crippen LogP contribution in [-0.2, 0) is 11.2 Å². The molecule has 0 bridgehead atoms. The Labute approximate surface area is 123 Å². The molecule has 1 saturated carbocycles. The van der Waals surface area contributed by atoms with E-state index in [1.165, 1.54) is 7.11 Å². The van der Waals surface area contributed by atoms with E-state index in [4.69, 9.17) is 17.0 Å². The fourth-order valence-corrected chi connectivity index (χ4v) is 2.52. The maximum atomic E-state index is 11.8. The lowest BCUT2D eigenvalue weighted by Gasteiger charge is -2.10. The first-order chi connectivity index (χ1) is 9.55. The predicted molar refractivity (Wildman–Crippen MR) is 83.4 cm³/mol. The zero-order chi connectivity index (χ0) is 14.7. The van der Waals surface area contributed by atoms with Crippen molar-refractivity contribution < 1.29 is 14.6 Å². The van der Waals surface area contributed by atoms with E-state index in [1.807, 2.05) is 12.1 Å². The lowest BCUT2D eigenvalue weighted by Crippen LogP contribution is -1.94. The highest BCUT2D eigenvalue weighted by atomic mass is 32.1. The van der Waals surface area contributed by atoms with Crippen LogP contribution in [0.2, 0.25) is 0 Å². The number of ether oxygens (including phenoxy) is 1. The van der Waals surface area contributed by atoms with Crippen LogP contribution in [-0.4, -0.2) is 22.9 Å². The second kappa shape index (κ2) is 6.01. The number of phenols is 1. The number of Topliss-reactive ketones (excluding diaryl/α,β-unsaturated/α-hetero) is 1. The minimum absolute atomic E-state index is 0.0762. The van der Waals surface area contributed by atoms with Crippen LogP contribution in [0.3, 0.4) is 0 Å². The number of allylic oxidation sites excluding steroid dienone is 2. The van der Waals surface area contributed by atoms with Crippen molar-refractivity contribution in [3.63, 3.8) is 0 Å². The summed E-state index contributed by atoms with van der Waals surface area (Å²) in [6, 6.07) is 3.55. The number of thiocarbonyl (C=S) groups is 1. The minimum Gasteiger partial charge on any atom is -0.504 e. The van der Waals surface area contributed by atoms with Crippen molar-refractivity contribution in [1.29, 1.82) is 0 Å². The molecule has 0 aliphatic heterocycles. The van der Waals surface area contributed by atoms with Crippen LogP contribution in [0.15, 0.2) is 30.4 Å². The molecule has 20 heavy (non-hydrogen) atoms. The fourth-order valence-electron chi connectivity index (χ4n) is 2.24. The monoisotopic (exact) mass is 288 g/mol. The van der Waals surface area contributed by atoms with E-state index in [-0.39, 0.29) is 11.5 Å². The molecular formula is C16H16O3S. The van der Waals surface area contributed by atoms with Crippen molar-refractivity contribution >= 4 is 28.9 Å². The van der Waals surface area contributed by atoms with Crippen LogP contribution >= 0.6 is 12.2 Å². The number of hydrogen-bond acceptors (Lipinski definition) is 4. The molecule has 1 aromatic rings. The number of carbonyl (C=O) groups excluding carboxylic acids is 1. The topological polar surface area (TPSA) is 46.5 Å². The normalized spacial score (nSPS) is 16.8. The molecule has 0 saturated heterocycles. The van der Waals surface area contributed by atoms with E-state index in [1.54, 1.807) is 12.1 Å². The molecule has 1 aliphatic rings. The molecule has 0 aromatic heterocycles. The predicted octanol–water partition coefficient (Wildman–Crippen LogP) is 3.25.